The molecule has 7 nitrogen and oxygen atoms in total. The van der Waals surface area contributed by atoms with Crippen LogP contribution < -0.4 is 24.8 Å². The van der Waals surface area contributed by atoms with Gasteiger partial charge in [0.2, 0.25) is 5.88 Å². The number of methoxy groups -OCH3 is 2. The molecule has 30 heavy (non-hydrogen) atoms. The Bertz CT molecular complexity index is 1090. The fourth-order valence-electron chi connectivity index (χ4n) is 3.05. The van der Waals surface area contributed by atoms with Gasteiger partial charge in [0.05, 0.1) is 25.3 Å². The van der Waals surface area contributed by atoms with Gasteiger partial charge in [0.15, 0.2) is 5.82 Å². The molecule has 3 aromatic rings. The Balaban J connectivity index is 1.69. The highest BCUT2D eigenvalue weighted by Gasteiger charge is 2.30. The van der Waals surface area contributed by atoms with Crippen LogP contribution in [0.3, 0.4) is 0 Å². The van der Waals surface area contributed by atoms with Gasteiger partial charge in [-0.2, -0.15) is 18.2 Å². The molecule has 0 spiro atoms. The van der Waals surface area contributed by atoms with Crippen molar-refractivity contribution >= 4 is 17.2 Å². The maximum absolute atomic E-state index is 13.0. The van der Waals surface area contributed by atoms with Gasteiger partial charge in [0.1, 0.15) is 29.3 Å². The number of hydrogen-bond donors (Lipinski definition) is 2. The van der Waals surface area contributed by atoms with Crippen LogP contribution in [0.5, 0.6) is 23.1 Å². The van der Waals surface area contributed by atoms with E-state index in [0.29, 0.717) is 29.5 Å². The van der Waals surface area contributed by atoms with E-state index in [9.17, 15) is 13.2 Å². The van der Waals surface area contributed by atoms with Crippen LogP contribution in [0.15, 0.2) is 42.7 Å². The summed E-state index contributed by atoms with van der Waals surface area (Å²) in [6.45, 7) is 0.320. The van der Waals surface area contributed by atoms with Gasteiger partial charge >= 0.3 is 6.18 Å². The SMILES string of the molecule is COc1cc(OC)c2c(c1)Oc1ncnc(Nc3cccc(C(F)(F)F)c3)c1NC2. The van der Waals surface area contributed by atoms with Gasteiger partial charge in [-0.15, -0.1) is 0 Å². The molecule has 10 heteroatoms. The van der Waals surface area contributed by atoms with Gasteiger partial charge in [-0.25, -0.2) is 4.98 Å². The van der Waals surface area contributed by atoms with E-state index in [2.05, 4.69) is 20.6 Å². The van der Waals surface area contributed by atoms with Crippen LogP contribution in [0.25, 0.3) is 0 Å². The number of fused-ring (bicyclic) bond motifs is 2. The Kier molecular flexibility index (Phi) is 4.98. The number of halogens is 3. The van der Waals surface area contributed by atoms with E-state index in [0.717, 1.165) is 17.7 Å². The van der Waals surface area contributed by atoms with Crippen LogP contribution >= 0.6 is 0 Å². The van der Waals surface area contributed by atoms with Crippen molar-refractivity contribution < 1.29 is 27.4 Å². The third-order valence-corrected chi connectivity index (χ3v) is 4.51. The summed E-state index contributed by atoms with van der Waals surface area (Å²) >= 11 is 0. The minimum Gasteiger partial charge on any atom is -0.496 e. The number of hydrogen-bond acceptors (Lipinski definition) is 7. The highest BCUT2D eigenvalue weighted by molar-refractivity contribution is 5.76. The lowest BCUT2D eigenvalue weighted by Gasteiger charge is -2.14. The van der Waals surface area contributed by atoms with Crippen LogP contribution in [0.4, 0.5) is 30.4 Å². The largest absolute Gasteiger partial charge is 0.496 e. The number of anilines is 3. The number of ether oxygens (including phenoxy) is 3. The summed E-state index contributed by atoms with van der Waals surface area (Å²) in [6.07, 6.45) is -3.18. The first kappa shape index (κ1) is 19.6. The Morgan fingerprint density at radius 3 is 2.67 bits per heavy atom. The molecular weight excluding hydrogens is 401 g/mol. The first-order valence-electron chi connectivity index (χ1n) is 8.85. The number of rotatable bonds is 4. The quantitative estimate of drug-likeness (QED) is 0.619. The number of aromatic nitrogens is 2. The lowest BCUT2D eigenvalue weighted by atomic mass is 10.1. The molecule has 2 aromatic carbocycles. The van der Waals surface area contributed by atoms with E-state index in [4.69, 9.17) is 14.2 Å². The van der Waals surface area contributed by atoms with Crippen molar-refractivity contribution in [2.45, 2.75) is 12.7 Å². The van der Waals surface area contributed by atoms with Gasteiger partial charge in [-0.1, -0.05) is 6.07 Å². The first-order valence-corrected chi connectivity index (χ1v) is 8.85. The van der Waals surface area contributed by atoms with Gasteiger partial charge < -0.3 is 24.8 Å². The molecular formula is C20H17F3N4O3. The van der Waals surface area contributed by atoms with Crippen molar-refractivity contribution in [3.05, 3.63) is 53.9 Å². The number of benzene rings is 2. The smallest absolute Gasteiger partial charge is 0.416 e. The second-order valence-corrected chi connectivity index (χ2v) is 6.37. The summed E-state index contributed by atoms with van der Waals surface area (Å²) < 4.78 is 55.7. The molecule has 0 bridgehead atoms. The lowest BCUT2D eigenvalue weighted by Crippen LogP contribution is -2.07. The Morgan fingerprint density at radius 1 is 1.10 bits per heavy atom. The van der Waals surface area contributed by atoms with Crippen LogP contribution in [-0.4, -0.2) is 24.2 Å². The average molecular weight is 418 g/mol. The van der Waals surface area contributed by atoms with E-state index in [1.807, 2.05) is 0 Å². The minimum absolute atomic E-state index is 0.216. The van der Waals surface area contributed by atoms with Crippen LogP contribution in [0, 0.1) is 0 Å². The van der Waals surface area contributed by atoms with Gasteiger partial charge in [-0.05, 0) is 18.2 Å². The van der Waals surface area contributed by atoms with Crippen LogP contribution in [-0.2, 0) is 12.7 Å². The number of nitrogens with one attached hydrogen (secondary N) is 2. The molecule has 2 heterocycles. The molecule has 0 amide bonds. The highest BCUT2D eigenvalue weighted by Crippen LogP contribution is 2.43. The molecule has 0 atom stereocenters. The lowest BCUT2D eigenvalue weighted by molar-refractivity contribution is -0.137. The zero-order valence-corrected chi connectivity index (χ0v) is 16.0. The van der Waals surface area contributed by atoms with Crippen molar-refractivity contribution in [3.63, 3.8) is 0 Å². The summed E-state index contributed by atoms with van der Waals surface area (Å²) in [4.78, 5) is 8.31. The molecule has 0 saturated carbocycles. The van der Waals surface area contributed by atoms with E-state index >= 15 is 0 Å². The van der Waals surface area contributed by atoms with Crippen molar-refractivity contribution in [1.82, 2.24) is 9.97 Å². The zero-order valence-electron chi connectivity index (χ0n) is 16.0. The molecule has 0 unspecified atom stereocenters. The average Bonchev–Trinajstić information content (AvgIpc) is 2.92. The van der Waals surface area contributed by atoms with Gasteiger partial charge in [-0.3, -0.25) is 0 Å². The van der Waals surface area contributed by atoms with Crippen molar-refractivity contribution in [1.29, 1.82) is 0 Å². The molecule has 156 valence electrons. The summed E-state index contributed by atoms with van der Waals surface area (Å²) in [6, 6.07) is 8.29. The fourth-order valence-corrected chi connectivity index (χ4v) is 3.05. The second kappa shape index (κ2) is 7.62. The number of alkyl halides is 3. The van der Waals surface area contributed by atoms with Crippen LogP contribution in [0.1, 0.15) is 11.1 Å². The Morgan fingerprint density at radius 2 is 1.93 bits per heavy atom. The maximum Gasteiger partial charge on any atom is 0.416 e. The summed E-state index contributed by atoms with van der Waals surface area (Å²) in [5, 5.41) is 6.07. The standard InChI is InChI=1S/C20H17F3N4O3/c1-28-13-7-15(29-2)14-9-24-17-18(25-10-26-19(17)30-16(14)8-13)27-12-5-3-4-11(6-12)20(21,22)23/h3-8,10,24H,9H2,1-2H3,(H,25,26,27). The van der Waals surface area contributed by atoms with Crippen molar-refractivity contribution in [2.75, 3.05) is 24.9 Å². The van der Waals surface area contributed by atoms with E-state index < -0.39 is 11.7 Å². The van der Waals surface area contributed by atoms with Crippen molar-refractivity contribution in [3.8, 4) is 23.1 Å². The molecule has 1 aliphatic rings. The Labute approximate surface area is 169 Å². The first-order chi connectivity index (χ1) is 14.4. The highest BCUT2D eigenvalue weighted by atomic mass is 19.4. The monoisotopic (exact) mass is 418 g/mol. The van der Waals surface area contributed by atoms with Gasteiger partial charge in [0.25, 0.3) is 0 Å². The molecule has 2 N–H and O–H groups in total. The molecule has 1 aromatic heterocycles. The van der Waals surface area contributed by atoms with E-state index in [1.165, 1.54) is 32.7 Å². The Hall–Kier alpha value is -3.69. The van der Waals surface area contributed by atoms with Crippen LogP contribution in [0.2, 0.25) is 0 Å². The molecule has 0 aliphatic carbocycles. The summed E-state index contributed by atoms with van der Waals surface area (Å²) in [5.41, 5.74) is 0.614. The summed E-state index contributed by atoms with van der Waals surface area (Å²) in [5.74, 6) is 2.09. The third kappa shape index (κ3) is 3.76. The molecule has 0 saturated heterocycles. The summed E-state index contributed by atoms with van der Waals surface area (Å²) in [7, 11) is 3.07. The normalized spacial score (nSPS) is 12.6. The van der Waals surface area contributed by atoms with Gasteiger partial charge in [0, 0.05) is 24.4 Å². The fraction of sp³-hybridized carbons (Fsp3) is 0.200. The van der Waals surface area contributed by atoms with E-state index in [-0.39, 0.29) is 17.4 Å². The number of nitrogens with zero attached hydrogens (tertiary/aromatic N) is 2. The van der Waals surface area contributed by atoms with Crippen molar-refractivity contribution in [2.24, 2.45) is 0 Å². The minimum atomic E-state index is -4.45. The van der Waals surface area contributed by atoms with E-state index in [1.54, 1.807) is 12.1 Å². The second-order valence-electron chi connectivity index (χ2n) is 6.37. The third-order valence-electron chi connectivity index (χ3n) is 4.51. The maximum atomic E-state index is 13.0. The predicted octanol–water partition coefficient (Wildman–Crippen LogP) is 4.97. The molecule has 1 aliphatic heterocycles. The topological polar surface area (TPSA) is 77.5 Å². The molecule has 4 rings (SSSR count). The zero-order chi connectivity index (χ0) is 21.3. The molecule has 0 fully saturated rings. The molecule has 0 radical (unpaired) electrons. The predicted molar refractivity (Wildman–Crippen MR) is 104 cm³/mol.